The van der Waals surface area contributed by atoms with Crippen LogP contribution in [0.1, 0.15) is 24.8 Å². The zero-order valence-electron chi connectivity index (χ0n) is 13.6. The summed E-state index contributed by atoms with van der Waals surface area (Å²) in [5, 5.41) is 3.03. The highest BCUT2D eigenvalue weighted by Crippen LogP contribution is 2.31. The average Bonchev–Trinajstić information content (AvgIpc) is 3.02. The van der Waals surface area contributed by atoms with Gasteiger partial charge < -0.3 is 20.5 Å². The van der Waals surface area contributed by atoms with Crippen LogP contribution in [0.3, 0.4) is 0 Å². The molecule has 0 spiro atoms. The van der Waals surface area contributed by atoms with Crippen LogP contribution in [-0.4, -0.2) is 32.8 Å². The van der Waals surface area contributed by atoms with Gasteiger partial charge in [-0.05, 0) is 31.4 Å². The Hall–Kier alpha value is -1.30. The second-order valence-electron chi connectivity index (χ2n) is 5.70. The molecule has 0 heterocycles. The number of benzene rings is 1. The minimum atomic E-state index is 0. The van der Waals surface area contributed by atoms with Gasteiger partial charge in [0.15, 0.2) is 0 Å². The Kier molecular flexibility index (Phi) is 8.99. The molecule has 3 N–H and O–H groups in total. The van der Waals surface area contributed by atoms with Gasteiger partial charge in [-0.3, -0.25) is 4.79 Å². The maximum absolute atomic E-state index is 12.3. The van der Waals surface area contributed by atoms with Crippen molar-refractivity contribution in [1.29, 1.82) is 0 Å². The summed E-state index contributed by atoms with van der Waals surface area (Å²) < 4.78 is 10.7. The normalized spacial score (nSPS) is 19.9. The Morgan fingerprint density at radius 1 is 1.30 bits per heavy atom. The van der Waals surface area contributed by atoms with Crippen LogP contribution in [0, 0.1) is 11.8 Å². The number of hydrogen-bond acceptors (Lipinski definition) is 4. The third-order valence-electron chi connectivity index (χ3n) is 4.27. The van der Waals surface area contributed by atoms with Crippen LogP contribution < -0.4 is 15.8 Å². The van der Waals surface area contributed by atoms with Crippen molar-refractivity contribution >= 4 is 18.3 Å². The van der Waals surface area contributed by atoms with Crippen molar-refractivity contribution in [3.05, 3.63) is 29.8 Å². The highest BCUT2D eigenvalue weighted by molar-refractivity contribution is 5.85. The van der Waals surface area contributed by atoms with Gasteiger partial charge in [0.2, 0.25) is 5.91 Å². The number of methoxy groups -OCH3 is 1. The van der Waals surface area contributed by atoms with Crippen LogP contribution in [0.15, 0.2) is 24.3 Å². The lowest BCUT2D eigenvalue weighted by molar-refractivity contribution is -0.126. The summed E-state index contributed by atoms with van der Waals surface area (Å²) in [5.74, 6) is 1.29. The van der Waals surface area contributed by atoms with Crippen LogP contribution in [0.25, 0.3) is 0 Å². The molecule has 0 radical (unpaired) electrons. The third-order valence-corrected chi connectivity index (χ3v) is 4.27. The lowest BCUT2D eigenvalue weighted by Crippen LogP contribution is -2.34. The van der Waals surface area contributed by atoms with E-state index < -0.39 is 0 Å². The molecule has 0 bridgehead atoms. The average molecular weight is 343 g/mol. The van der Waals surface area contributed by atoms with Gasteiger partial charge in [-0.1, -0.05) is 24.6 Å². The van der Waals surface area contributed by atoms with E-state index in [4.69, 9.17) is 15.2 Å². The first-order valence-electron chi connectivity index (χ1n) is 7.93. The number of carbonyl (C=O) groups is 1. The van der Waals surface area contributed by atoms with Crippen molar-refractivity contribution in [3.8, 4) is 5.75 Å². The van der Waals surface area contributed by atoms with Crippen LogP contribution >= 0.6 is 12.4 Å². The SMILES string of the molecule is COCCOc1ccccc1CNC(=O)[C@@H]1CCC[C@@H]1CN.Cl. The van der Waals surface area contributed by atoms with E-state index in [9.17, 15) is 4.79 Å². The van der Waals surface area contributed by atoms with Crippen molar-refractivity contribution in [1.82, 2.24) is 5.32 Å². The second-order valence-corrected chi connectivity index (χ2v) is 5.70. The Labute approximate surface area is 144 Å². The summed E-state index contributed by atoms with van der Waals surface area (Å²) in [5.41, 5.74) is 6.73. The van der Waals surface area contributed by atoms with Crippen molar-refractivity contribution in [3.63, 3.8) is 0 Å². The highest BCUT2D eigenvalue weighted by Gasteiger charge is 2.31. The molecule has 23 heavy (non-hydrogen) atoms. The van der Waals surface area contributed by atoms with Crippen molar-refractivity contribution in [2.45, 2.75) is 25.8 Å². The molecule has 1 fully saturated rings. The number of hydrogen-bond donors (Lipinski definition) is 2. The van der Waals surface area contributed by atoms with Crippen LogP contribution in [0.4, 0.5) is 0 Å². The topological polar surface area (TPSA) is 73.6 Å². The smallest absolute Gasteiger partial charge is 0.223 e. The monoisotopic (exact) mass is 342 g/mol. The van der Waals surface area contributed by atoms with Gasteiger partial charge in [-0.2, -0.15) is 0 Å². The van der Waals surface area contributed by atoms with Gasteiger partial charge in [0.25, 0.3) is 0 Å². The van der Waals surface area contributed by atoms with E-state index in [1.807, 2.05) is 24.3 Å². The number of rotatable bonds is 8. The number of amides is 1. The first-order valence-corrected chi connectivity index (χ1v) is 7.93. The van der Waals surface area contributed by atoms with E-state index in [1.165, 1.54) is 0 Å². The van der Waals surface area contributed by atoms with Crippen molar-refractivity contribution < 1.29 is 14.3 Å². The Balaban J connectivity index is 0.00000264. The summed E-state index contributed by atoms with van der Waals surface area (Å²) in [6.45, 7) is 2.12. The summed E-state index contributed by atoms with van der Waals surface area (Å²) in [6.07, 6.45) is 3.10. The first kappa shape index (κ1) is 19.7. The molecular formula is C17H27ClN2O3. The number of ether oxygens (including phenoxy) is 2. The highest BCUT2D eigenvalue weighted by atomic mass is 35.5. The maximum atomic E-state index is 12.3. The van der Waals surface area contributed by atoms with Gasteiger partial charge in [-0.25, -0.2) is 0 Å². The molecule has 1 amide bonds. The molecule has 1 aliphatic rings. The molecule has 2 atom stereocenters. The largest absolute Gasteiger partial charge is 0.491 e. The lowest BCUT2D eigenvalue weighted by atomic mass is 9.95. The molecule has 5 nitrogen and oxygen atoms in total. The minimum Gasteiger partial charge on any atom is -0.491 e. The van der Waals surface area contributed by atoms with E-state index in [0.29, 0.717) is 32.2 Å². The molecule has 0 aromatic heterocycles. The first-order chi connectivity index (χ1) is 10.8. The van der Waals surface area contributed by atoms with Crippen molar-refractivity contribution in [2.75, 3.05) is 26.9 Å². The fourth-order valence-electron chi connectivity index (χ4n) is 3.00. The van der Waals surface area contributed by atoms with Gasteiger partial charge in [-0.15, -0.1) is 12.4 Å². The number of nitrogens with one attached hydrogen (secondary N) is 1. The Bertz CT molecular complexity index is 485. The van der Waals surface area contributed by atoms with E-state index in [-0.39, 0.29) is 24.2 Å². The third kappa shape index (κ3) is 5.68. The quantitative estimate of drug-likeness (QED) is 0.710. The molecule has 1 aromatic rings. The Morgan fingerprint density at radius 3 is 2.83 bits per heavy atom. The molecule has 1 aromatic carbocycles. The number of halogens is 1. The fraction of sp³-hybridized carbons (Fsp3) is 0.588. The lowest BCUT2D eigenvalue weighted by Gasteiger charge is -2.18. The molecule has 1 aliphatic carbocycles. The molecule has 1 saturated carbocycles. The molecule has 0 unspecified atom stereocenters. The van der Waals surface area contributed by atoms with Crippen LogP contribution in [-0.2, 0) is 16.1 Å². The molecular weight excluding hydrogens is 316 g/mol. The fourth-order valence-corrected chi connectivity index (χ4v) is 3.00. The minimum absolute atomic E-state index is 0. The van der Waals surface area contributed by atoms with Gasteiger partial charge in [0.05, 0.1) is 6.61 Å². The van der Waals surface area contributed by atoms with Crippen LogP contribution in [0.5, 0.6) is 5.75 Å². The summed E-state index contributed by atoms with van der Waals surface area (Å²) in [7, 11) is 1.64. The maximum Gasteiger partial charge on any atom is 0.223 e. The number of nitrogens with two attached hydrogens (primary N) is 1. The van der Waals surface area contributed by atoms with Gasteiger partial charge in [0, 0.05) is 25.1 Å². The number of carbonyl (C=O) groups excluding carboxylic acids is 1. The van der Waals surface area contributed by atoms with E-state index in [2.05, 4.69) is 5.32 Å². The zero-order valence-corrected chi connectivity index (χ0v) is 14.4. The predicted molar refractivity (Wildman–Crippen MR) is 92.8 cm³/mol. The van der Waals surface area contributed by atoms with E-state index in [0.717, 1.165) is 30.6 Å². The molecule has 130 valence electrons. The molecule has 2 rings (SSSR count). The second kappa shape index (κ2) is 10.5. The summed E-state index contributed by atoms with van der Waals surface area (Å²) >= 11 is 0. The molecule has 0 saturated heterocycles. The summed E-state index contributed by atoms with van der Waals surface area (Å²) in [4.78, 5) is 12.3. The van der Waals surface area contributed by atoms with Crippen molar-refractivity contribution in [2.24, 2.45) is 17.6 Å². The number of para-hydroxylation sites is 1. The van der Waals surface area contributed by atoms with Gasteiger partial charge in [0.1, 0.15) is 12.4 Å². The summed E-state index contributed by atoms with van der Waals surface area (Å²) in [6, 6.07) is 7.75. The zero-order chi connectivity index (χ0) is 15.8. The van der Waals surface area contributed by atoms with Gasteiger partial charge >= 0.3 is 0 Å². The molecule has 6 heteroatoms. The predicted octanol–water partition coefficient (Wildman–Crippen LogP) is 2.12. The van der Waals surface area contributed by atoms with E-state index in [1.54, 1.807) is 7.11 Å². The Morgan fingerprint density at radius 2 is 2.09 bits per heavy atom. The molecule has 0 aliphatic heterocycles. The van der Waals surface area contributed by atoms with E-state index >= 15 is 0 Å². The standard InChI is InChI=1S/C17H26N2O3.ClH/c1-21-9-10-22-16-8-3-2-5-14(16)12-19-17(20)15-7-4-6-13(15)11-18;/h2-3,5,8,13,15H,4,6-7,9-12,18H2,1H3,(H,19,20);1H/t13-,15-;/m1./s1. The van der Waals surface area contributed by atoms with Crippen LogP contribution in [0.2, 0.25) is 0 Å².